The Morgan fingerprint density at radius 1 is 0.906 bits per heavy atom. The predicted molar refractivity (Wildman–Crippen MR) is 125 cm³/mol. The first kappa shape index (κ1) is 19.9. The van der Waals surface area contributed by atoms with Crippen LogP contribution in [0, 0.1) is 0 Å². The molecule has 1 saturated carbocycles. The zero-order chi connectivity index (χ0) is 21.5. The van der Waals surface area contributed by atoms with Gasteiger partial charge in [0, 0.05) is 45.2 Å². The highest BCUT2D eigenvalue weighted by Crippen LogP contribution is 2.44. The van der Waals surface area contributed by atoms with Crippen molar-refractivity contribution in [3.63, 3.8) is 0 Å². The van der Waals surface area contributed by atoms with Crippen LogP contribution in [0.1, 0.15) is 30.7 Å². The van der Waals surface area contributed by atoms with Crippen LogP contribution in [0.2, 0.25) is 5.15 Å². The molecular weight excluding hydrogens is 426 g/mol. The monoisotopic (exact) mass is 451 g/mol. The van der Waals surface area contributed by atoms with Crippen LogP contribution in [-0.2, 0) is 0 Å². The third kappa shape index (κ3) is 3.82. The van der Waals surface area contributed by atoms with Gasteiger partial charge in [0.25, 0.3) is 5.88 Å². The van der Waals surface area contributed by atoms with Crippen LogP contribution >= 0.6 is 11.6 Å². The Morgan fingerprint density at radius 3 is 2.47 bits per heavy atom. The van der Waals surface area contributed by atoms with Gasteiger partial charge in [-0.25, -0.2) is 4.98 Å². The molecular formula is C23H26ClN7O. The minimum Gasteiger partial charge on any atom is -0.471 e. The molecule has 4 heterocycles. The number of piperazine rings is 1. The minimum absolute atomic E-state index is 0.0641. The standard InChI is InChI=1S/C23H26ClN7O/c24-19-22(32-17-14-16(17)15-6-2-1-3-7-15)27-20-18(26-19)21(30-10-4-5-11-30)29-23(28-20)31-12-8-25-9-13-31/h1-3,6-7,16-17,25H,4-5,8-14H2. The molecule has 0 bridgehead atoms. The summed E-state index contributed by atoms with van der Waals surface area (Å²) in [4.78, 5) is 23.6. The number of rotatable bonds is 5. The molecule has 0 spiro atoms. The molecule has 166 valence electrons. The van der Waals surface area contributed by atoms with Crippen molar-refractivity contribution < 1.29 is 4.74 Å². The topological polar surface area (TPSA) is 79.3 Å². The van der Waals surface area contributed by atoms with E-state index in [-0.39, 0.29) is 11.3 Å². The van der Waals surface area contributed by atoms with Gasteiger partial charge in [0.15, 0.2) is 22.1 Å². The summed E-state index contributed by atoms with van der Waals surface area (Å²) in [7, 11) is 0. The molecule has 3 aromatic rings. The molecule has 3 aliphatic rings. The number of hydrogen-bond acceptors (Lipinski definition) is 8. The van der Waals surface area contributed by atoms with E-state index in [2.05, 4.69) is 44.4 Å². The first-order valence-corrected chi connectivity index (χ1v) is 11.8. The lowest BCUT2D eigenvalue weighted by molar-refractivity contribution is 0.284. The number of nitrogens with one attached hydrogen (secondary N) is 1. The van der Waals surface area contributed by atoms with Crippen LogP contribution in [0.5, 0.6) is 5.88 Å². The lowest BCUT2D eigenvalue weighted by atomic mass is 10.1. The summed E-state index contributed by atoms with van der Waals surface area (Å²) in [6.07, 6.45) is 3.32. The summed E-state index contributed by atoms with van der Waals surface area (Å²) in [6, 6.07) is 10.4. The van der Waals surface area contributed by atoms with Crippen molar-refractivity contribution >= 4 is 34.5 Å². The van der Waals surface area contributed by atoms with Crippen LogP contribution in [0.4, 0.5) is 11.8 Å². The van der Waals surface area contributed by atoms with E-state index in [0.29, 0.717) is 28.9 Å². The highest BCUT2D eigenvalue weighted by molar-refractivity contribution is 6.31. The summed E-state index contributed by atoms with van der Waals surface area (Å²) in [5, 5.41) is 3.65. The summed E-state index contributed by atoms with van der Waals surface area (Å²) in [5.41, 5.74) is 2.48. The quantitative estimate of drug-likeness (QED) is 0.634. The Labute approximate surface area is 192 Å². The third-order valence-corrected chi connectivity index (χ3v) is 6.70. The van der Waals surface area contributed by atoms with E-state index in [1.54, 1.807) is 0 Å². The largest absolute Gasteiger partial charge is 0.471 e. The fourth-order valence-electron chi connectivity index (χ4n) is 4.61. The fraction of sp³-hybridized carbons (Fsp3) is 0.478. The summed E-state index contributed by atoms with van der Waals surface area (Å²) in [6.45, 7) is 5.51. The molecule has 1 aliphatic carbocycles. The molecule has 2 atom stereocenters. The normalized spacial score (nSPS) is 23.0. The maximum atomic E-state index is 6.54. The summed E-state index contributed by atoms with van der Waals surface area (Å²) >= 11 is 6.54. The van der Waals surface area contributed by atoms with Gasteiger partial charge in [0.1, 0.15) is 6.10 Å². The molecule has 2 aliphatic heterocycles. The maximum absolute atomic E-state index is 6.54. The van der Waals surface area contributed by atoms with E-state index in [1.165, 1.54) is 5.56 Å². The Hall–Kier alpha value is -2.71. The van der Waals surface area contributed by atoms with Crippen molar-refractivity contribution in [2.45, 2.75) is 31.3 Å². The predicted octanol–water partition coefficient (Wildman–Crippen LogP) is 3.02. The van der Waals surface area contributed by atoms with Gasteiger partial charge in [-0.1, -0.05) is 41.9 Å². The first-order chi connectivity index (χ1) is 15.8. The zero-order valence-electron chi connectivity index (χ0n) is 17.9. The number of nitrogens with zero attached hydrogens (tertiary/aromatic N) is 6. The minimum atomic E-state index is 0.0641. The van der Waals surface area contributed by atoms with Crippen molar-refractivity contribution in [3.8, 4) is 5.88 Å². The Kier molecular flexibility index (Phi) is 5.19. The zero-order valence-corrected chi connectivity index (χ0v) is 18.6. The molecule has 0 radical (unpaired) electrons. The number of halogens is 1. The molecule has 32 heavy (non-hydrogen) atoms. The number of fused-ring (bicyclic) bond motifs is 1. The van der Waals surface area contributed by atoms with Crippen molar-refractivity contribution in [3.05, 3.63) is 41.0 Å². The van der Waals surface area contributed by atoms with Crippen molar-refractivity contribution in [1.29, 1.82) is 0 Å². The van der Waals surface area contributed by atoms with Crippen LogP contribution in [0.15, 0.2) is 30.3 Å². The SMILES string of the molecule is Clc1nc2c(N3CCCC3)nc(N3CCNCC3)nc2nc1OC1CC1c1ccccc1. The molecule has 0 amide bonds. The van der Waals surface area contributed by atoms with Gasteiger partial charge in [-0.2, -0.15) is 15.0 Å². The van der Waals surface area contributed by atoms with Crippen molar-refractivity contribution in [2.75, 3.05) is 49.1 Å². The number of hydrogen-bond donors (Lipinski definition) is 1. The van der Waals surface area contributed by atoms with E-state index in [4.69, 9.17) is 31.3 Å². The molecule has 9 heteroatoms. The molecule has 2 unspecified atom stereocenters. The highest BCUT2D eigenvalue weighted by atomic mass is 35.5. The number of anilines is 2. The van der Waals surface area contributed by atoms with Crippen LogP contribution < -0.4 is 19.9 Å². The average Bonchev–Trinajstić information content (AvgIpc) is 3.38. The second-order valence-corrected chi connectivity index (χ2v) is 9.04. The van der Waals surface area contributed by atoms with Crippen LogP contribution in [0.25, 0.3) is 11.2 Å². The van der Waals surface area contributed by atoms with E-state index in [0.717, 1.165) is 64.3 Å². The van der Waals surface area contributed by atoms with Gasteiger partial charge in [0.05, 0.1) is 0 Å². The Bertz CT molecular complexity index is 1120. The lowest BCUT2D eigenvalue weighted by Gasteiger charge is -2.28. The Morgan fingerprint density at radius 2 is 1.69 bits per heavy atom. The van der Waals surface area contributed by atoms with E-state index in [9.17, 15) is 0 Å². The van der Waals surface area contributed by atoms with Gasteiger partial charge < -0.3 is 19.9 Å². The number of aromatic nitrogens is 4. The highest BCUT2D eigenvalue weighted by Gasteiger charge is 2.41. The van der Waals surface area contributed by atoms with E-state index < -0.39 is 0 Å². The molecule has 8 nitrogen and oxygen atoms in total. The Balaban J connectivity index is 1.34. The number of ether oxygens (including phenoxy) is 1. The van der Waals surface area contributed by atoms with E-state index >= 15 is 0 Å². The summed E-state index contributed by atoms with van der Waals surface area (Å²) < 4.78 is 6.18. The molecule has 1 aromatic carbocycles. The lowest BCUT2D eigenvalue weighted by Crippen LogP contribution is -2.44. The van der Waals surface area contributed by atoms with Gasteiger partial charge in [-0.3, -0.25) is 0 Å². The second-order valence-electron chi connectivity index (χ2n) is 8.68. The van der Waals surface area contributed by atoms with Crippen LogP contribution in [-0.4, -0.2) is 65.3 Å². The van der Waals surface area contributed by atoms with Crippen molar-refractivity contribution in [1.82, 2.24) is 25.3 Å². The fourth-order valence-corrected chi connectivity index (χ4v) is 4.78. The van der Waals surface area contributed by atoms with Gasteiger partial charge >= 0.3 is 0 Å². The van der Waals surface area contributed by atoms with Crippen LogP contribution in [0.3, 0.4) is 0 Å². The van der Waals surface area contributed by atoms with Gasteiger partial charge in [0.2, 0.25) is 5.95 Å². The average molecular weight is 452 g/mol. The molecule has 1 N–H and O–H groups in total. The van der Waals surface area contributed by atoms with E-state index in [1.807, 2.05) is 6.07 Å². The van der Waals surface area contributed by atoms with Crippen molar-refractivity contribution in [2.24, 2.45) is 0 Å². The molecule has 6 rings (SSSR count). The number of benzene rings is 1. The summed E-state index contributed by atoms with van der Waals surface area (Å²) in [5.74, 6) is 2.26. The maximum Gasteiger partial charge on any atom is 0.254 e. The third-order valence-electron chi connectivity index (χ3n) is 6.46. The molecule has 3 fully saturated rings. The van der Waals surface area contributed by atoms with Gasteiger partial charge in [-0.15, -0.1) is 0 Å². The molecule has 2 saturated heterocycles. The van der Waals surface area contributed by atoms with Gasteiger partial charge in [-0.05, 0) is 24.8 Å². The molecule has 2 aromatic heterocycles. The second kappa shape index (κ2) is 8.33. The first-order valence-electron chi connectivity index (χ1n) is 11.4. The smallest absolute Gasteiger partial charge is 0.254 e.